The van der Waals surface area contributed by atoms with Crippen molar-refractivity contribution in [1.82, 2.24) is 5.32 Å². The molecule has 0 radical (unpaired) electrons. The maximum absolute atomic E-state index is 11.9. The number of rotatable bonds is 4. The predicted molar refractivity (Wildman–Crippen MR) is 68.5 cm³/mol. The monoisotopic (exact) mass is 249 g/mol. The molecule has 0 saturated carbocycles. The number of carbonyl (C=O) groups is 1. The fraction of sp³-hybridized carbons (Fsp3) is 0.500. The third-order valence-electron chi connectivity index (χ3n) is 3.39. The van der Waals surface area contributed by atoms with Crippen LogP contribution in [-0.4, -0.2) is 35.4 Å². The lowest BCUT2D eigenvalue weighted by Crippen LogP contribution is -2.40. The Balaban J connectivity index is 2.11. The summed E-state index contributed by atoms with van der Waals surface area (Å²) in [6.07, 6.45) is 4.51. The number of benzene rings is 1. The Bertz CT molecular complexity index is 427. The molecule has 0 bridgehead atoms. The summed E-state index contributed by atoms with van der Waals surface area (Å²) in [5.41, 5.74) is 3.18. The van der Waals surface area contributed by atoms with Gasteiger partial charge in [-0.1, -0.05) is 6.07 Å². The van der Waals surface area contributed by atoms with Crippen LogP contribution in [0.25, 0.3) is 0 Å². The number of aliphatic hydroxyl groups excluding tert-OH is 2. The van der Waals surface area contributed by atoms with Gasteiger partial charge in [0.25, 0.3) is 5.91 Å². The fourth-order valence-corrected chi connectivity index (χ4v) is 2.29. The minimum atomic E-state index is -0.589. The van der Waals surface area contributed by atoms with Crippen LogP contribution in [0, 0.1) is 0 Å². The predicted octanol–water partition coefficient (Wildman–Crippen LogP) is 0.648. The van der Waals surface area contributed by atoms with E-state index in [2.05, 4.69) is 5.32 Å². The zero-order valence-corrected chi connectivity index (χ0v) is 10.4. The normalized spacial score (nSPS) is 14.4. The maximum atomic E-state index is 11.9. The van der Waals surface area contributed by atoms with E-state index in [4.69, 9.17) is 10.2 Å². The van der Waals surface area contributed by atoms with E-state index in [0.29, 0.717) is 5.56 Å². The molecule has 1 amide bonds. The summed E-state index contributed by atoms with van der Waals surface area (Å²) in [5, 5.41) is 20.5. The molecule has 1 aromatic carbocycles. The molecule has 3 N–H and O–H groups in total. The van der Waals surface area contributed by atoms with Crippen molar-refractivity contribution in [2.75, 3.05) is 13.2 Å². The van der Waals surface area contributed by atoms with E-state index in [-0.39, 0.29) is 19.1 Å². The van der Waals surface area contributed by atoms with Crippen LogP contribution in [0.1, 0.15) is 34.3 Å². The van der Waals surface area contributed by atoms with Crippen LogP contribution < -0.4 is 5.32 Å². The molecule has 18 heavy (non-hydrogen) atoms. The largest absolute Gasteiger partial charge is 0.394 e. The number of hydrogen-bond acceptors (Lipinski definition) is 3. The van der Waals surface area contributed by atoms with Gasteiger partial charge in [-0.2, -0.15) is 0 Å². The second-order valence-electron chi connectivity index (χ2n) is 4.73. The average Bonchev–Trinajstić information content (AvgIpc) is 2.44. The second kappa shape index (κ2) is 5.98. The summed E-state index contributed by atoms with van der Waals surface area (Å²) in [7, 11) is 0. The van der Waals surface area contributed by atoms with Crippen molar-refractivity contribution in [3.05, 3.63) is 34.9 Å². The molecule has 0 saturated heterocycles. The van der Waals surface area contributed by atoms with Crippen molar-refractivity contribution in [2.45, 2.75) is 31.7 Å². The van der Waals surface area contributed by atoms with Gasteiger partial charge >= 0.3 is 0 Å². The first-order valence-electron chi connectivity index (χ1n) is 6.39. The van der Waals surface area contributed by atoms with E-state index in [1.807, 2.05) is 18.2 Å². The summed E-state index contributed by atoms with van der Waals surface area (Å²) >= 11 is 0. The van der Waals surface area contributed by atoms with Crippen LogP contribution in [0.15, 0.2) is 18.2 Å². The second-order valence-corrected chi connectivity index (χ2v) is 4.73. The van der Waals surface area contributed by atoms with Gasteiger partial charge in [-0.15, -0.1) is 0 Å². The third-order valence-corrected chi connectivity index (χ3v) is 3.39. The zero-order chi connectivity index (χ0) is 13.0. The first kappa shape index (κ1) is 13.1. The van der Waals surface area contributed by atoms with Gasteiger partial charge in [0.05, 0.1) is 19.3 Å². The van der Waals surface area contributed by atoms with Gasteiger partial charge in [0.15, 0.2) is 0 Å². The summed E-state index contributed by atoms with van der Waals surface area (Å²) < 4.78 is 0. The van der Waals surface area contributed by atoms with E-state index in [0.717, 1.165) is 12.8 Å². The molecule has 1 aliphatic rings. The molecule has 0 heterocycles. The van der Waals surface area contributed by atoms with Gasteiger partial charge in [0.1, 0.15) is 0 Å². The van der Waals surface area contributed by atoms with Crippen LogP contribution in [0.5, 0.6) is 0 Å². The van der Waals surface area contributed by atoms with Crippen LogP contribution in [-0.2, 0) is 12.8 Å². The van der Waals surface area contributed by atoms with Crippen molar-refractivity contribution in [2.24, 2.45) is 0 Å². The Labute approximate surface area is 107 Å². The van der Waals surface area contributed by atoms with E-state index in [1.165, 1.54) is 24.0 Å². The highest BCUT2D eigenvalue weighted by Gasteiger charge is 2.15. The Morgan fingerprint density at radius 1 is 1.17 bits per heavy atom. The Kier molecular flexibility index (Phi) is 4.33. The van der Waals surface area contributed by atoms with Crippen molar-refractivity contribution >= 4 is 5.91 Å². The third kappa shape index (κ3) is 2.89. The molecule has 0 unspecified atom stereocenters. The van der Waals surface area contributed by atoms with Gasteiger partial charge in [-0.05, 0) is 48.9 Å². The lowest BCUT2D eigenvalue weighted by Gasteiger charge is -2.17. The van der Waals surface area contributed by atoms with E-state index < -0.39 is 6.04 Å². The van der Waals surface area contributed by atoms with Crippen molar-refractivity contribution in [3.63, 3.8) is 0 Å². The number of aliphatic hydroxyl groups is 2. The molecule has 1 aliphatic carbocycles. The van der Waals surface area contributed by atoms with E-state index in [1.54, 1.807) is 0 Å². The summed E-state index contributed by atoms with van der Waals surface area (Å²) in [5.74, 6) is -0.239. The summed E-state index contributed by atoms with van der Waals surface area (Å²) in [6.45, 7) is -0.514. The molecule has 98 valence electrons. The van der Waals surface area contributed by atoms with E-state index >= 15 is 0 Å². The highest BCUT2D eigenvalue weighted by Crippen LogP contribution is 2.22. The Morgan fingerprint density at radius 3 is 2.50 bits per heavy atom. The highest BCUT2D eigenvalue weighted by molar-refractivity contribution is 5.94. The van der Waals surface area contributed by atoms with Crippen LogP contribution in [0.3, 0.4) is 0 Å². The van der Waals surface area contributed by atoms with Gasteiger partial charge < -0.3 is 15.5 Å². The van der Waals surface area contributed by atoms with Crippen molar-refractivity contribution < 1.29 is 15.0 Å². The fourth-order valence-electron chi connectivity index (χ4n) is 2.29. The lowest BCUT2D eigenvalue weighted by atomic mass is 9.90. The standard InChI is InChI=1S/C14H19NO3/c16-8-13(9-17)15-14(18)12-6-5-10-3-1-2-4-11(10)7-12/h5-7,13,16-17H,1-4,8-9H2,(H,15,18). The summed E-state index contributed by atoms with van der Waals surface area (Å²) in [4.78, 5) is 11.9. The van der Waals surface area contributed by atoms with Gasteiger partial charge in [0, 0.05) is 5.56 Å². The average molecular weight is 249 g/mol. The first-order chi connectivity index (χ1) is 8.74. The molecule has 4 nitrogen and oxygen atoms in total. The number of nitrogens with one attached hydrogen (secondary N) is 1. The number of carbonyl (C=O) groups excluding carboxylic acids is 1. The van der Waals surface area contributed by atoms with Gasteiger partial charge in [-0.25, -0.2) is 0 Å². The maximum Gasteiger partial charge on any atom is 0.251 e. The molecule has 0 aromatic heterocycles. The smallest absolute Gasteiger partial charge is 0.251 e. The molecule has 2 rings (SSSR count). The van der Waals surface area contributed by atoms with Crippen LogP contribution >= 0.6 is 0 Å². The minimum absolute atomic E-state index is 0.239. The quantitative estimate of drug-likeness (QED) is 0.733. The lowest BCUT2D eigenvalue weighted by molar-refractivity contribution is 0.0879. The molecular formula is C14H19NO3. The van der Waals surface area contributed by atoms with Crippen LogP contribution in [0.2, 0.25) is 0 Å². The van der Waals surface area contributed by atoms with Gasteiger partial charge in [0.2, 0.25) is 0 Å². The Hall–Kier alpha value is -1.39. The molecule has 0 aliphatic heterocycles. The van der Waals surface area contributed by atoms with Crippen molar-refractivity contribution in [3.8, 4) is 0 Å². The number of amides is 1. The molecule has 0 atom stereocenters. The Morgan fingerprint density at radius 2 is 1.83 bits per heavy atom. The molecule has 4 heteroatoms. The van der Waals surface area contributed by atoms with Crippen LogP contribution in [0.4, 0.5) is 0 Å². The molecule has 0 spiro atoms. The highest BCUT2D eigenvalue weighted by atomic mass is 16.3. The topological polar surface area (TPSA) is 69.6 Å². The number of aryl methyl sites for hydroxylation is 2. The molecule has 0 fully saturated rings. The molecule has 1 aromatic rings. The molecular weight excluding hydrogens is 230 g/mol. The van der Waals surface area contributed by atoms with Gasteiger partial charge in [-0.3, -0.25) is 4.79 Å². The number of fused-ring (bicyclic) bond motifs is 1. The minimum Gasteiger partial charge on any atom is -0.394 e. The first-order valence-corrected chi connectivity index (χ1v) is 6.39. The van der Waals surface area contributed by atoms with E-state index in [9.17, 15) is 4.79 Å². The SMILES string of the molecule is O=C(NC(CO)CO)c1ccc2c(c1)CCCC2. The zero-order valence-electron chi connectivity index (χ0n) is 10.4. The number of hydrogen-bond donors (Lipinski definition) is 3. The van der Waals surface area contributed by atoms with Crippen molar-refractivity contribution in [1.29, 1.82) is 0 Å². The summed E-state index contributed by atoms with van der Waals surface area (Å²) in [6, 6.07) is 5.16.